The SMILES string of the molecule is C[C@@H](O[Si](C)(C)C(C)(C)C)[C@H]1C(=O)N2C(C(=O)O)=C(CSc3nnnn3C)S[C@]12Cc1ccc([N+](=O)[O-])cc1. The highest BCUT2D eigenvalue weighted by Gasteiger charge is 2.68. The van der Waals surface area contributed by atoms with E-state index in [9.17, 15) is 24.8 Å². The van der Waals surface area contributed by atoms with Gasteiger partial charge in [0.25, 0.3) is 5.69 Å². The first kappa shape index (κ1) is 29.2. The molecule has 3 atom stereocenters. The number of carbonyl (C=O) groups is 2. The molecule has 0 bridgehead atoms. The zero-order valence-corrected chi connectivity index (χ0v) is 25.5. The van der Waals surface area contributed by atoms with E-state index >= 15 is 0 Å². The van der Waals surface area contributed by atoms with Crippen LogP contribution in [0.1, 0.15) is 33.3 Å². The second kappa shape index (κ2) is 10.3. The van der Waals surface area contributed by atoms with Crippen molar-refractivity contribution in [2.24, 2.45) is 13.0 Å². The smallest absolute Gasteiger partial charge is 0.353 e. The Morgan fingerprint density at radius 3 is 2.49 bits per heavy atom. The van der Waals surface area contributed by atoms with Crippen LogP contribution >= 0.6 is 23.5 Å². The van der Waals surface area contributed by atoms with Gasteiger partial charge in [-0.3, -0.25) is 19.8 Å². The van der Waals surface area contributed by atoms with E-state index in [1.54, 1.807) is 19.2 Å². The third kappa shape index (κ3) is 5.24. The summed E-state index contributed by atoms with van der Waals surface area (Å²) < 4.78 is 8.15. The summed E-state index contributed by atoms with van der Waals surface area (Å²) in [5.41, 5.74) is 0.665. The van der Waals surface area contributed by atoms with Crippen molar-refractivity contribution >= 4 is 49.4 Å². The van der Waals surface area contributed by atoms with Crippen LogP contribution in [0.3, 0.4) is 0 Å². The number of aromatic nitrogens is 4. The Hall–Kier alpha value is -2.75. The summed E-state index contributed by atoms with van der Waals surface area (Å²) in [5, 5.41) is 33.2. The number of carboxylic acid groups (broad SMARTS) is 1. The average molecular weight is 593 g/mol. The highest BCUT2D eigenvalue weighted by atomic mass is 32.2. The number of hydrogen-bond acceptors (Lipinski definition) is 10. The number of amides is 1. The van der Waals surface area contributed by atoms with E-state index in [2.05, 4.69) is 49.4 Å². The molecular weight excluding hydrogens is 561 g/mol. The summed E-state index contributed by atoms with van der Waals surface area (Å²) in [4.78, 5) is 37.9. The minimum Gasteiger partial charge on any atom is -0.477 e. The number of β-lactam (4-membered cyclic amide) rings is 1. The van der Waals surface area contributed by atoms with Crippen LogP contribution in [0.4, 0.5) is 5.69 Å². The number of carbonyl (C=O) groups excluding carboxylic acids is 1. The summed E-state index contributed by atoms with van der Waals surface area (Å²) in [6.07, 6.45) is -0.168. The standard InChI is InChI=1S/C24H32N6O6S2Si/c1-14(36-39(6,7)23(2,3)4)18-20(31)29-19(21(32)33)17(13-37-22-25-26-27-28(22)5)38-24(18,29)12-15-8-10-16(11-9-15)30(34)35/h8-11,14,18H,12-13H2,1-7H3,(H,32,33)/t14-,18+,24-/m1/s1. The summed E-state index contributed by atoms with van der Waals surface area (Å²) in [6, 6.07) is 6.15. The number of tetrazole rings is 1. The van der Waals surface area contributed by atoms with Crippen molar-refractivity contribution in [1.82, 2.24) is 25.1 Å². The third-order valence-corrected chi connectivity index (χ3v) is 14.9. The Kier molecular flexibility index (Phi) is 7.75. The van der Waals surface area contributed by atoms with E-state index in [0.717, 1.165) is 5.56 Å². The van der Waals surface area contributed by atoms with Gasteiger partial charge in [0.1, 0.15) is 10.6 Å². The number of carboxylic acids is 1. The van der Waals surface area contributed by atoms with Crippen LogP contribution in [0.15, 0.2) is 40.0 Å². The number of aliphatic carboxylic acids is 1. The predicted octanol–water partition coefficient (Wildman–Crippen LogP) is 4.06. The fraction of sp³-hybridized carbons (Fsp3) is 0.542. The Morgan fingerprint density at radius 2 is 1.97 bits per heavy atom. The fourth-order valence-corrected chi connectivity index (χ4v) is 8.88. The van der Waals surface area contributed by atoms with Crippen LogP contribution in [0.2, 0.25) is 18.1 Å². The number of nitro groups is 1. The van der Waals surface area contributed by atoms with Crippen LogP contribution in [0, 0.1) is 16.0 Å². The molecule has 4 rings (SSSR count). The van der Waals surface area contributed by atoms with Gasteiger partial charge in [0, 0.05) is 36.3 Å². The largest absolute Gasteiger partial charge is 0.477 e. The molecule has 0 unspecified atom stereocenters. The molecule has 3 heterocycles. The Bertz CT molecular complexity index is 1340. The summed E-state index contributed by atoms with van der Waals surface area (Å²) in [7, 11) is -0.566. The van der Waals surface area contributed by atoms with Gasteiger partial charge in [0.15, 0.2) is 8.32 Å². The summed E-state index contributed by atoms with van der Waals surface area (Å²) >= 11 is 2.64. The van der Waals surface area contributed by atoms with Crippen molar-refractivity contribution in [1.29, 1.82) is 0 Å². The van der Waals surface area contributed by atoms with E-state index in [1.807, 2.05) is 6.92 Å². The van der Waals surface area contributed by atoms with Crippen LogP contribution in [0.25, 0.3) is 0 Å². The number of benzene rings is 1. The molecule has 2 aromatic rings. The van der Waals surface area contributed by atoms with Gasteiger partial charge in [0.2, 0.25) is 11.1 Å². The van der Waals surface area contributed by atoms with Crippen molar-refractivity contribution < 1.29 is 24.0 Å². The lowest BCUT2D eigenvalue weighted by Crippen LogP contribution is -2.71. The molecule has 39 heavy (non-hydrogen) atoms. The molecule has 1 saturated heterocycles. The van der Waals surface area contributed by atoms with Crippen molar-refractivity contribution in [2.75, 3.05) is 5.75 Å². The van der Waals surface area contributed by atoms with Gasteiger partial charge in [-0.2, -0.15) is 0 Å². The molecule has 12 nitrogen and oxygen atoms in total. The van der Waals surface area contributed by atoms with E-state index in [1.165, 1.54) is 45.2 Å². The first-order valence-corrected chi connectivity index (χ1v) is 17.1. The minimum atomic E-state index is -2.26. The maximum absolute atomic E-state index is 13.7. The Balaban J connectivity index is 1.71. The van der Waals surface area contributed by atoms with E-state index in [4.69, 9.17) is 4.43 Å². The molecule has 210 valence electrons. The van der Waals surface area contributed by atoms with Crippen LogP contribution in [-0.4, -0.2) is 72.1 Å². The number of nitrogens with zero attached hydrogens (tertiary/aromatic N) is 6. The monoisotopic (exact) mass is 592 g/mol. The molecule has 1 aromatic heterocycles. The van der Waals surface area contributed by atoms with Crippen molar-refractivity contribution in [3.63, 3.8) is 0 Å². The van der Waals surface area contributed by atoms with Crippen molar-refractivity contribution in [3.05, 3.63) is 50.5 Å². The Morgan fingerprint density at radius 1 is 1.33 bits per heavy atom. The second-order valence-corrected chi connectivity index (χ2v) is 18.3. The summed E-state index contributed by atoms with van der Waals surface area (Å²) in [6.45, 7) is 12.5. The maximum Gasteiger partial charge on any atom is 0.353 e. The fourth-order valence-electron chi connectivity index (χ4n) is 4.70. The second-order valence-electron chi connectivity index (χ2n) is 11.2. The molecule has 2 aliphatic rings. The number of hydrogen-bond donors (Lipinski definition) is 1. The lowest BCUT2D eigenvalue weighted by Gasteiger charge is -2.56. The average Bonchev–Trinajstić information content (AvgIpc) is 3.35. The van der Waals surface area contributed by atoms with Gasteiger partial charge in [0.05, 0.1) is 16.9 Å². The molecule has 15 heteroatoms. The van der Waals surface area contributed by atoms with Gasteiger partial charge in [-0.1, -0.05) is 56.4 Å². The van der Waals surface area contributed by atoms with E-state index in [-0.39, 0.29) is 28.1 Å². The first-order chi connectivity index (χ1) is 18.1. The van der Waals surface area contributed by atoms with Gasteiger partial charge in [-0.25, -0.2) is 9.48 Å². The van der Waals surface area contributed by atoms with Gasteiger partial charge in [-0.15, -0.1) is 5.10 Å². The molecule has 0 spiro atoms. The molecule has 1 N–H and O–H groups in total. The summed E-state index contributed by atoms with van der Waals surface area (Å²) in [5.74, 6) is -1.84. The molecule has 0 aliphatic carbocycles. The van der Waals surface area contributed by atoms with Gasteiger partial charge in [-0.05, 0) is 41.0 Å². The number of nitro benzene ring substituents is 1. The molecule has 1 amide bonds. The zero-order valence-electron chi connectivity index (χ0n) is 22.9. The van der Waals surface area contributed by atoms with Crippen molar-refractivity contribution in [2.45, 2.75) is 68.4 Å². The molecule has 0 saturated carbocycles. The van der Waals surface area contributed by atoms with Crippen LogP contribution < -0.4 is 0 Å². The lowest BCUT2D eigenvalue weighted by molar-refractivity contribution is -0.384. The van der Waals surface area contributed by atoms with E-state index in [0.29, 0.717) is 16.5 Å². The molecule has 1 fully saturated rings. The van der Waals surface area contributed by atoms with Gasteiger partial charge < -0.3 is 9.53 Å². The quantitative estimate of drug-likeness (QED) is 0.140. The zero-order chi connectivity index (χ0) is 28.9. The normalized spacial score (nSPS) is 22.1. The van der Waals surface area contributed by atoms with Crippen molar-refractivity contribution in [3.8, 4) is 0 Å². The number of fused-ring (bicyclic) bond motifs is 1. The highest BCUT2D eigenvalue weighted by molar-refractivity contribution is 8.07. The Labute approximate surface area is 235 Å². The lowest BCUT2D eigenvalue weighted by atomic mass is 9.78. The molecule has 1 aromatic carbocycles. The molecule has 0 radical (unpaired) electrons. The highest BCUT2D eigenvalue weighted by Crippen LogP contribution is 2.61. The van der Waals surface area contributed by atoms with Crippen LogP contribution in [0.5, 0.6) is 0 Å². The first-order valence-electron chi connectivity index (χ1n) is 12.3. The maximum atomic E-state index is 13.7. The number of thioether (sulfide) groups is 2. The third-order valence-electron chi connectivity index (χ3n) is 7.62. The molecule has 2 aliphatic heterocycles. The minimum absolute atomic E-state index is 0.0400. The number of rotatable bonds is 10. The topological polar surface area (TPSA) is 154 Å². The van der Waals surface area contributed by atoms with Crippen LogP contribution in [-0.2, 0) is 27.5 Å². The van der Waals surface area contributed by atoms with Gasteiger partial charge >= 0.3 is 5.97 Å². The van der Waals surface area contributed by atoms with E-state index < -0.39 is 36.1 Å². The molecular formula is C24H32N6O6S2Si. The predicted molar refractivity (Wildman–Crippen MR) is 149 cm³/mol. The number of aryl methyl sites for hydroxylation is 1. The number of non-ortho nitro benzene ring substituents is 1.